The number of carbonyl (C=O) groups is 1. The molecule has 3 rings (SSSR count). The third-order valence-corrected chi connectivity index (χ3v) is 6.24. The van der Waals surface area contributed by atoms with Crippen LogP contribution in [0.4, 0.5) is 0 Å². The maximum atomic E-state index is 12.8. The van der Waals surface area contributed by atoms with Gasteiger partial charge >= 0.3 is 0 Å². The third kappa shape index (κ3) is 3.57. The molecule has 24 heavy (non-hydrogen) atoms. The van der Waals surface area contributed by atoms with Crippen LogP contribution in [0.3, 0.4) is 0 Å². The van der Waals surface area contributed by atoms with E-state index in [0.717, 1.165) is 17.5 Å². The summed E-state index contributed by atoms with van der Waals surface area (Å²) >= 11 is 0. The minimum atomic E-state index is -3.52. The van der Waals surface area contributed by atoms with Crippen LogP contribution in [0.5, 0.6) is 0 Å². The highest BCUT2D eigenvalue weighted by Gasteiger charge is 2.38. The highest BCUT2D eigenvalue weighted by atomic mass is 32.2. The lowest BCUT2D eigenvalue weighted by atomic mass is 10.0. The van der Waals surface area contributed by atoms with Gasteiger partial charge in [0, 0.05) is 12.1 Å². The number of nitrogens with zero attached hydrogens (tertiary/aromatic N) is 1. The van der Waals surface area contributed by atoms with E-state index < -0.39 is 16.1 Å². The molecule has 0 aromatic heterocycles. The molecule has 0 N–H and O–H groups in total. The molecule has 1 aliphatic rings. The van der Waals surface area contributed by atoms with Gasteiger partial charge in [-0.25, -0.2) is 8.42 Å². The Balaban J connectivity index is 1.81. The van der Waals surface area contributed by atoms with Crippen molar-refractivity contribution in [3.8, 4) is 0 Å². The van der Waals surface area contributed by atoms with Crippen LogP contribution in [0.25, 0.3) is 0 Å². The molecule has 4 nitrogen and oxygen atoms in total. The molecule has 1 aliphatic heterocycles. The maximum Gasteiger partial charge on any atom is 0.218 e. The zero-order valence-electron chi connectivity index (χ0n) is 13.7. The molecule has 0 spiro atoms. The van der Waals surface area contributed by atoms with Crippen molar-refractivity contribution in [3.05, 3.63) is 71.3 Å². The Labute approximate surface area is 143 Å². The molecule has 1 fully saturated rings. The predicted octanol–water partition coefficient (Wildman–Crippen LogP) is 3.17. The average Bonchev–Trinajstić information content (AvgIpc) is 3.07. The van der Waals surface area contributed by atoms with Crippen molar-refractivity contribution in [2.75, 3.05) is 6.54 Å². The summed E-state index contributed by atoms with van der Waals surface area (Å²) in [7, 11) is -3.52. The second-order valence-corrected chi connectivity index (χ2v) is 8.16. The van der Waals surface area contributed by atoms with Crippen LogP contribution in [0.2, 0.25) is 0 Å². The summed E-state index contributed by atoms with van der Waals surface area (Å²) in [6.07, 6.45) is 1.30. The number of hydrogen-bond donors (Lipinski definition) is 0. The molecule has 2 aromatic carbocycles. The van der Waals surface area contributed by atoms with E-state index in [4.69, 9.17) is 0 Å². The molecule has 126 valence electrons. The molecule has 0 saturated carbocycles. The zero-order chi connectivity index (χ0) is 17.2. The summed E-state index contributed by atoms with van der Waals surface area (Å²) in [4.78, 5) is 12.7. The van der Waals surface area contributed by atoms with Crippen molar-refractivity contribution in [2.45, 2.75) is 31.6 Å². The van der Waals surface area contributed by atoms with Crippen LogP contribution in [0.15, 0.2) is 54.6 Å². The van der Waals surface area contributed by atoms with Crippen molar-refractivity contribution < 1.29 is 13.2 Å². The minimum Gasteiger partial charge on any atom is -0.292 e. The molecule has 1 saturated heterocycles. The number of rotatable bonds is 5. The fourth-order valence-corrected chi connectivity index (χ4v) is 4.88. The van der Waals surface area contributed by atoms with Crippen molar-refractivity contribution in [2.24, 2.45) is 0 Å². The molecule has 0 radical (unpaired) electrons. The van der Waals surface area contributed by atoms with E-state index in [0.29, 0.717) is 18.5 Å². The number of carbonyl (C=O) groups excluding carboxylic acids is 1. The van der Waals surface area contributed by atoms with Gasteiger partial charge in [0.15, 0.2) is 5.78 Å². The van der Waals surface area contributed by atoms with Gasteiger partial charge in [0.05, 0.1) is 11.8 Å². The van der Waals surface area contributed by atoms with Gasteiger partial charge in [0.2, 0.25) is 10.0 Å². The fourth-order valence-electron chi connectivity index (χ4n) is 3.11. The van der Waals surface area contributed by atoms with Crippen LogP contribution >= 0.6 is 0 Å². The molecule has 5 heteroatoms. The lowest BCUT2D eigenvalue weighted by Crippen LogP contribution is -2.41. The summed E-state index contributed by atoms with van der Waals surface area (Å²) in [5.41, 5.74) is 2.41. The van der Waals surface area contributed by atoms with Crippen molar-refractivity contribution in [3.63, 3.8) is 0 Å². The molecule has 0 bridgehead atoms. The lowest BCUT2D eigenvalue weighted by molar-refractivity contribution is 0.0918. The van der Waals surface area contributed by atoms with E-state index >= 15 is 0 Å². The van der Waals surface area contributed by atoms with Gasteiger partial charge < -0.3 is 0 Å². The quantitative estimate of drug-likeness (QED) is 0.784. The monoisotopic (exact) mass is 343 g/mol. The highest BCUT2D eigenvalue weighted by Crippen LogP contribution is 2.26. The first-order valence-corrected chi connectivity index (χ1v) is 9.72. The topological polar surface area (TPSA) is 54.5 Å². The van der Waals surface area contributed by atoms with Crippen molar-refractivity contribution in [1.29, 1.82) is 0 Å². The molecule has 0 amide bonds. The normalized spacial score (nSPS) is 18.6. The molecule has 1 heterocycles. The number of sulfonamides is 1. The van der Waals surface area contributed by atoms with Gasteiger partial charge in [0.25, 0.3) is 0 Å². The SMILES string of the molecule is Cc1ccc(CS(=O)(=O)N2CCCC2C(=O)c2ccccc2)cc1. The first-order chi connectivity index (χ1) is 11.5. The Hall–Kier alpha value is -1.98. The summed E-state index contributed by atoms with van der Waals surface area (Å²) in [5.74, 6) is -0.174. The Bertz CT molecular complexity index is 813. The first-order valence-electron chi connectivity index (χ1n) is 8.12. The van der Waals surface area contributed by atoms with E-state index in [1.165, 1.54) is 4.31 Å². The van der Waals surface area contributed by atoms with Crippen molar-refractivity contribution in [1.82, 2.24) is 4.31 Å². The zero-order valence-corrected chi connectivity index (χ0v) is 14.5. The molecule has 1 atom stereocenters. The van der Waals surface area contributed by atoms with E-state index in [1.807, 2.05) is 37.3 Å². The number of Topliss-reactive ketones (excluding diaryl/α,β-unsaturated/α-hetero) is 1. The van der Waals surface area contributed by atoms with Crippen LogP contribution in [0, 0.1) is 6.92 Å². The number of hydrogen-bond acceptors (Lipinski definition) is 3. The number of ketones is 1. The average molecular weight is 343 g/mol. The smallest absolute Gasteiger partial charge is 0.218 e. The molecule has 0 aliphatic carbocycles. The summed E-state index contributed by atoms with van der Waals surface area (Å²) < 4.78 is 27.0. The van der Waals surface area contributed by atoms with Gasteiger partial charge in [-0.3, -0.25) is 4.79 Å². The molecule has 2 aromatic rings. The predicted molar refractivity (Wildman–Crippen MR) is 94.3 cm³/mol. The second kappa shape index (κ2) is 6.87. The van der Waals surface area contributed by atoms with Gasteiger partial charge in [-0.1, -0.05) is 60.2 Å². The van der Waals surface area contributed by atoms with Gasteiger partial charge in [0.1, 0.15) is 0 Å². The van der Waals surface area contributed by atoms with Crippen LogP contribution in [0.1, 0.15) is 34.3 Å². The lowest BCUT2D eigenvalue weighted by Gasteiger charge is -2.23. The summed E-state index contributed by atoms with van der Waals surface area (Å²) in [5, 5.41) is 0. The molecule has 1 unspecified atom stereocenters. The Morgan fingerprint density at radius 3 is 2.42 bits per heavy atom. The fraction of sp³-hybridized carbons (Fsp3) is 0.316. The number of benzene rings is 2. The van der Waals surface area contributed by atoms with E-state index in [-0.39, 0.29) is 11.5 Å². The molecular formula is C19H21NO3S. The Kier molecular flexibility index (Phi) is 4.83. The Morgan fingerprint density at radius 2 is 1.75 bits per heavy atom. The summed E-state index contributed by atoms with van der Waals surface area (Å²) in [6, 6.07) is 15.8. The Morgan fingerprint density at radius 1 is 1.08 bits per heavy atom. The van der Waals surface area contributed by atoms with Gasteiger partial charge in [-0.15, -0.1) is 0 Å². The van der Waals surface area contributed by atoms with Crippen LogP contribution in [-0.2, 0) is 15.8 Å². The van der Waals surface area contributed by atoms with E-state index in [2.05, 4.69) is 0 Å². The van der Waals surface area contributed by atoms with E-state index in [9.17, 15) is 13.2 Å². The maximum absolute atomic E-state index is 12.8. The van der Waals surface area contributed by atoms with Gasteiger partial charge in [-0.2, -0.15) is 4.31 Å². The van der Waals surface area contributed by atoms with E-state index in [1.54, 1.807) is 24.3 Å². The van der Waals surface area contributed by atoms with Crippen LogP contribution < -0.4 is 0 Å². The number of aryl methyl sites for hydroxylation is 1. The standard InChI is InChI=1S/C19H21NO3S/c1-15-9-11-16(12-10-15)14-24(22,23)20-13-5-8-18(20)19(21)17-6-3-2-4-7-17/h2-4,6-7,9-12,18H,5,8,13-14H2,1H3. The minimum absolute atomic E-state index is 0.0636. The van der Waals surface area contributed by atoms with Crippen molar-refractivity contribution >= 4 is 15.8 Å². The second-order valence-electron chi connectivity index (χ2n) is 6.24. The van der Waals surface area contributed by atoms with Gasteiger partial charge in [-0.05, 0) is 25.3 Å². The molecular weight excluding hydrogens is 322 g/mol. The largest absolute Gasteiger partial charge is 0.292 e. The highest BCUT2D eigenvalue weighted by molar-refractivity contribution is 7.88. The summed E-state index contributed by atoms with van der Waals surface area (Å²) in [6.45, 7) is 2.38. The first kappa shape index (κ1) is 16.9. The van der Waals surface area contributed by atoms with Crippen LogP contribution in [-0.4, -0.2) is 31.1 Å². The third-order valence-electron chi connectivity index (χ3n) is 4.39.